The van der Waals surface area contributed by atoms with Crippen molar-refractivity contribution >= 4 is 34.9 Å². The van der Waals surface area contributed by atoms with Crippen LogP contribution in [0.5, 0.6) is 0 Å². The topological polar surface area (TPSA) is 94.1 Å². The highest BCUT2D eigenvalue weighted by molar-refractivity contribution is 6.21. The maximum atomic E-state index is 15.1. The number of anilines is 2. The average molecular weight is 540 g/mol. The van der Waals surface area contributed by atoms with Crippen LogP contribution in [-0.2, 0) is 9.59 Å². The molecular weight excluding hydrogens is 509 g/mol. The molecule has 4 amide bonds. The highest BCUT2D eigenvalue weighted by atomic mass is 19.1. The number of carbonyl (C=O) groups is 3. The lowest BCUT2D eigenvalue weighted by Crippen LogP contribution is -2.52. The number of carbonyl (C=O) groups excluding carboxylic acids is 3. The minimum absolute atomic E-state index is 0.146. The van der Waals surface area contributed by atoms with Crippen LogP contribution in [0.25, 0.3) is 0 Å². The number of fused-ring (bicyclic) bond motifs is 3. The fourth-order valence-electron chi connectivity index (χ4n) is 6.02. The van der Waals surface area contributed by atoms with Crippen molar-refractivity contribution in [3.8, 4) is 0 Å². The number of nitrogens with one attached hydrogen (secondary N) is 2. The number of hydrogen-bond donors (Lipinski definition) is 2. The van der Waals surface area contributed by atoms with Crippen molar-refractivity contribution in [2.75, 3.05) is 23.3 Å². The molecular formula is C31H30FN5O3. The maximum absolute atomic E-state index is 15.1. The summed E-state index contributed by atoms with van der Waals surface area (Å²) in [7, 11) is 0. The Hall–Kier alpha value is -4.53. The molecule has 2 N–H and O–H groups in total. The number of benzodiazepines with no additional fused rings is 1. The first-order valence-corrected chi connectivity index (χ1v) is 13.5. The number of hydrogen-bond acceptors (Lipinski definition) is 4. The molecule has 1 saturated heterocycles. The number of aryl methyl sites for hydroxylation is 1. The van der Waals surface area contributed by atoms with Gasteiger partial charge in [-0.15, -0.1) is 0 Å². The molecule has 9 heteroatoms. The molecule has 204 valence electrons. The molecule has 1 aliphatic carbocycles. The van der Waals surface area contributed by atoms with Crippen molar-refractivity contribution in [1.82, 2.24) is 10.2 Å². The van der Waals surface area contributed by atoms with Crippen LogP contribution < -0.4 is 15.5 Å². The van der Waals surface area contributed by atoms with Gasteiger partial charge in [-0.2, -0.15) is 0 Å². The van der Waals surface area contributed by atoms with Gasteiger partial charge in [-0.3, -0.25) is 14.5 Å². The van der Waals surface area contributed by atoms with E-state index in [0.717, 1.165) is 24.8 Å². The van der Waals surface area contributed by atoms with Crippen LogP contribution in [0.15, 0.2) is 77.8 Å². The van der Waals surface area contributed by atoms with E-state index in [9.17, 15) is 14.4 Å². The Balaban J connectivity index is 1.37. The van der Waals surface area contributed by atoms with Crippen molar-refractivity contribution in [3.63, 3.8) is 0 Å². The Morgan fingerprint density at radius 3 is 2.50 bits per heavy atom. The van der Waals surface area contributed by atoms with E-state index < -0.39 is 23.9 Å². The van der Waals surface area contributed by atoms with Gasteiger partial charge in [0, 0.05) is 29.4 Å². The largest absolute Gasteiger partial charge is 0.338 e. The Kier molecular flexibility index (Phi) is 6.79. The second-order valence-corrected chi connectivity index (χ2v) is 10.6. The Labute approximate surface area is 231 Å². The van der Waals surface area contributed by atoms with Crippen molar-refractivity contribution in [2.24, 2.45) is 10.9 Å². The number of piperidine rings is 1. The zero-order valence-electron chi connectivity index (χ0n) is 22.1. The molecule has 0 aromatic heterocycles. The molecule has 3 unspecified atom stereocenters. The van der Waals surface area contributed by atoms with E-state index in [1.807, 2.05) is 24.0 Å². The molecule has 3 aliphatic rings. The van der Waals surface area contributed by atoms with Gasteiger partial charge in [-0.05, 0) is 68.0 Å². The van der Waals surface area contributed by atoms with Crippen LogP contribution in [-0.4, -0.2) is 53.8 Å². The first-order valence-electron chi connectivity index (χ1n) is 13.5. The van der Waals surface area contributed by atoms with Gasteiger partial charge in [0.25, 0.3) is 5.91 Å². The first-order chi connectivity index (χ1) is 19.4. The molecule has 40 heavy (non-hydrogen) atoms. The first kappa shape index (κ1) is 25.7. The van der Waals surface area contributed by atoms with E-state index >= 15 is 4.39 Å². The van der Waals surface area contributed by atoms with Gasteiger partial charge in [0.2, 0.25) is 12.1 Å². The van der Waals surface area contributed by atoms with Gasteiger partial charge >= 0.3 is 6.03 Å². The fourth-order valence-corrected chi connectivity index (χ4v) is 6.02. The SMILES string of the molecule is Cc1cccc(NC(=O)NC2N=C(c3ccccc3F)c3ccccc3N(CC(=O)N3CC4CCC3C4)C2=O)c1. The number of amides is 4. The molecule has 2 bridgehead atoms. The van der Waals surface area contributed by atoms with Crippen molar-refractivity contribution in [3.05, 3.63) is 95.3 Å². The summed E-state index contributed by atoms with van der Waals surface area (Å²) in [5.74, 6) is -0.718. The van der Waals surface area contributed by atoms with Gasteiger partial charge in [0.15, 0.2) is 0 Å². The summed E-state index contributed by atoms with van der Waals surface area (Å²) >= 11 is 0. The molecule has 3 aromatic rings. The highest BCUT2D eigenvalue weighted by Crippen LogP contribution is 2.38. The van der Waals surface area contributed by atoms with Crippen molar-refractivity contribution in [2.45, 2.75) is 38.4 Å². The van der Waals surface area contributed by atoms with Crippen LogP contribution in [0.4, 0.5) is 20.6 Å². The van der Waals surface area contributed by atoms with Crippen LogP contribution in [0.2, 0.25) is 0 Å². The number of urea groups is 1. The molecule has 2 fully saturated rings. The number of rotatable bonds is 5. The van der Waals surface area contributed by atoms with E-state index in [-0.39, 0.29) is 29.8 Å². The summed E-state index contributed by atoms with van der Waals surface area (Å²) in [5, 5.41) is 5.39. The Morgan fingerprint density at radius 2 is 1.77 bits per heavy atom. The predicted molar refractivity (Wildman–Crippen MR) is 151 cm³/mol. The summed E-state index contributed by atoms with van der Waals surface area (Å²) in [6.45, 7) is 2.41. The lowest BCUT2D eigenvalue weighted by atomic mass is 9.99. The molecule has 1 saturated carbocycles. The Bertz CT molecular complexity index is 1520. The van der Waals surface area contributed by atoms with Crippen LogP contribution in [0, 0.1) is 18.7 Å². The maximum Gasteiger partial charge on any atom is 0.321 e. The minimum atomic E-state index is -1.39. The Morgan fingerprint density at radius 1 is 1.00 bits per heavy atom. The zero-order chi connectivity index (χ0) is 27.8. The predicted octanol–water partition coefficient (Wildman–Crippen LogP) is 4.48. The minimum Gasteiger partial charge on any atom is -0.338 e. The second kappa shape index (κ2) is 10.6. The van der Waals surface area contributed by atoms with Gasteiger partial charge in [0.05, 0.1) is 11.4 Å². The van der Waals surface area contributed by atoms with E-state index in [4.69, 9.17) is 0 Å². The van der Waals surface area contributed by atoms with Gasteiger partial charge in [-0.1, -0.05) is 42.5 Å². The molecule has 2 heterocycles. The third kappa shape index (κ3) is 4.95. The molecule has 8 nitrogen and oxygen atoms in total. The summed E-state index contributed by atoms with van der Waals surface area (Å²) in [6.07, 6.45) is 1.71. The van der Waals surface area contributed by atoms with Crippen molar-refractivity contribution < 1.29 is 18.8 Å². The number of halogens is 1. The number of nitrogens with zero attached hydrogens (tertiary/aromatic N) is 3. The quantitative estimate of drug-likeness (QED) is 0.501. The summed E-state index contributed by atoms with van der Waals surface area (Å²) in [5.41, 5.74) is 2.86. The number of likely N-dealkylation sites (tertiary alicyclic amines) is 1. The second-order valence-electron chi connectivity index (χ2n) is 10.6. The smallest absolute Gasteiger partial charge is 0.321 e. The molecule has 0 radical (unpaired) electrons. The lowest BCUT2D eigenvalue weighted by Gasteiger charge is -2.31. The van der Waals surface area contributed by atoms with E-state index in [1.54, 1.807) is 54.6 Å². The fraction of sp³-hybridized carbons (Fsp3) is 0.290. The van der Waals surface area contributed by atoms with E-state index in [1.165, 1.54) is 11.0 Å². The van der Waals surface area contributed by atoms with Gasteiger partial charge in [0.1, 0.15) is 12.4 Å². The van der Waals surface area contributed by atoms with E-state index in [0.29, 0.717) is 29.4 Å². The lowest BCUT2D eigenvalue weighted by molar-refractivity contribution is -0.133. The molecule has 0 spiro atoms. The number of aliphatic imine (C=N–C) groups is 1. The van der Waals surface area contributed by atoms with Gasteiger partial charge in [-0.25, -0.2) is 14.2 Å². The molecule has 3 aromatic carbocycles. The monoisotopic (exact) mass is 539 g/mol. The highest BCUT2D eigenvalue weighted by Gasteiger charge is 2.42. The number of para-hydroxylation sites is 1. The molecule has 3 atom stereocenters. The molecule has 2 aliphatic heterocycles. The number of benzene rings is 3. The van der Waals surface area contributed by atoms with E-state index in [2.05, 4.69) is 15.6 Å². The third-order valence-corrected chi connectivity index (χ3v) is 7.90. The van der Waals surface area contributed by atoms with Crippen LogP contribution in [0.1, 0.15) is 36.0 Å². The molecule has 6 rings (SSSR count). The van der Waals surface area contributed by atoms with Crippen molar-refractivity contribution in [1.29, 1.82) is 0 Å². The zero-order valence-corrected chi connectivity index (χ0v) is 22.1. The third-order valence-electron chi connectivity index (χ3n) is 7.90. The summed E-state index contributed by atoms with van der Waals surface area (Å²) in [6, 6.07) is 20.0. The average Bonchev–Trinajstić information content (AvgIpc) is 3.56. The van der Waals surface area contributed by atoms with Crippen LogP contribution >= 0.6 is 0 Å². The van der Waals surface area contributed by atoms with Gasteiger partial charge < -0.3 is 15.5 Å². The van der Waals surface area contributed by atoms with Crippen LogP contribution in [0.3, 0.4) is 0 Å². The normalized spacial score (nSPS) is 21.5. The summed E-state index contributed by atoms with van der Waals surface area (Å²) in [4.78, 5) is 48.5. The summed E-state index contributed by atoms with van der Waals surface area (Å²) < 4.78 is 15.1. The standard InChI is InChI=1S/C31H30FN5O3/c1-19-7-6-8-21(15-19)33-31(40)35-29-30(39)37(18-27(38)36-17-20-13-14-22(36)16-20)26-12-5-3-10-24(26)28(34-29)23-9-2-4-11-25(23)32/h2-12,15,20,22,29H,13-14,16-18H2,1H3,(H2,33,35,40).